The van der Waals surface area contributed by atoms with Crippen LogP contribution in [0.2, 0.25) is 0 Å². The van der Waals surface area contributed by atoms with Gasteiger partial charge in [-0.25, -0.2) is 4.79 Å². The quantitative estimate of drug-likeness (QED) is 0.822. The van der Waals surface area contributed by atoms with E-state index in [4.69, 9.17) is 9.84 Å². The van der Waals surface area contributed by atoms with Crippen LogP contribution >= 0.6 is 0 Å². The van der Waals surface area contributed by atoms with Gasteiger partial charge in [-0.2, -0.15) is 0 Å². The molecular weight excluding hydrogens is 258 g/mol. The number of rotatable bonds is 5. The second kappa shape index (κ2) is 5.77. The molecule has 0 saturated carbocycles. The number of carboxylic acids is 1. The SMILES string of the molecule is CCOC(=O)c1[nH]c2cccc(CC)c2c1CC(=O)O. The molecule has 0 amide bonds. The van der Waals surface area contributed by atoms with E-state index in [9.17, 15) is 9.59 Å². The van der Waals surface area contributed by atoms with Gasteiger partial charge < -0.3 is 14.8 Å². The first kappa shape index (κ1) is 14.1. The van der Waals surface area contributed by atoms with Crippen molar-refractivity contribution < 1.29 is 19.4 Å². The van der Waals surface area contributed by atoms with E-state index in [1.54, 1.807) is 6.92 Å². The minimum atomic E-state index is -0.970. The van der Waals surface area contributed by atoms with Crippen LogP contribution in [0.25, 0.3) is 10.9 Å². The molecule has 0 radical (unpaired) electrons. The number of aromatic amines is 1. The molecule has 0 saturated heterocycles. The molecule has 0 fully saturated rings. The highest BCUT2D eigenvalue weighted by molar-refractivity contribution is 6.01. The molecule has 0 spiro atoms. The van der Waals surface area contributed by atoms with Crippen LogP contribution in [0.3, 0.4) is 0 Å². The number of ether oxygens (including phenoxy) is 1. The summed E-state index contributed by atoms with van der Waals surface area (Å²) < 4.78 is 4.99. The third-order valence-corrected chi connectivity index (χ3v) is 3.20. The Morgan fingerprint density at radius 3 is 2.65 bits per heavy atom. The first-order valence-electron chi connectivity index (χ1n) is 6.59. The van der Waals surface area contributed by atoms with E-state index in [-0.39, 0.29) is 18.7 Å². The molecule has 5 nitrogen and oxygen atoms in total. The molecule has 0 aliphatic rings. The summed E-state index contributed by atoms with van der Waals surface area (Å²) in [5.41, 5.74) is 2.53. The Morgan fingerprint density at radius 1 is 1.30 bits per heavy atom. The standard InChI is InChI=1S/C15H17NO4/c1-3-9-6-5-7-11-13(9)10(8-12(17)18)14(16-11)15(19)20-4-2/h5-7,16H,3-4,8H2,1-2H3,(H,17,18). The second-order valence-corrected chi connectivity index (χ2v) is 4.46. The number of nitrogens with one attached hydrogen (secondary N) is 1. The Bertz CT molecular complexity index is 657. The fourth-order valence-corrected chi connectivity index (χ4v) is 2.40. The molecule has 1 aromatic carbocycles. The molecule has 1 heterocycles. The van der Waals surface area contributed by atoms with Crippen LogP contribution in [-0.2, 0) is 22.4 Å². The molecule has 0 unspecified atom stereocenters. The van der Waals surface area contributed by atoms with E-state index in [0.29, 0.717) is 5.56 Å². The zero-order valence-electron chi connectivity index (χ0n) is 11.5. The van der Waals surface area contributed by atoms with Gasteiger partial charge in [0.2, 0.25) is 0 Å². The van der Waals surface area contributed by atoms with Crippen molar-refractivity contribution in [2.45, 2.75) is 26.7 Å². The number of carbonyl (C=O) groups is 2. The number of hydrogen-bond donors (Lipinski definition) is 2. The van der Waals surface area contributed by atoms with Gasteiger partial charge in [0, 0.05) is 16.5 Å². The number of H-pyrrole nitrogens is 1. The summed E-state index contributed by atoms with van der Waals surface area (Å²) >= 11 is 0. The molecule has 20 heavy (non-hydrogen) atoms. The van der Waals surface area contributed by atoms with Crippen molar-refractivity contribution >= 4 is 22.8 Å². The molecule has 2 N–H and O–H groups in total. The number of fused-ring (bicyclic) bond motifs is 1. The van der Waals surface area contributed by atoms with Crippen LogP contribution in [0.5, 0.6) is 0 Å². The average molecular weight is 275 g/mol. The largest absolute Gasteiger partial charge is 0.481 e. The molecule has 0 aliphatic carbocycles. The molecular formula is C15H17NO4. The summed E-state index contributed by atoms with van der Waals surface area (Å²) in [6.45, 7) is 3.96. The van der Waals surface area contributed by atoms with Gasteiger partial charge in [0.1, 0.15) is 5.69 Å². The van der Waals surface area contributed by atoms with Gasteiger partial charge in [-0.05, 0) is 25.0 Å². The topological polar surface area (TPSA) is 79.4 Å². The summed E-state index contributed by atoms with van der Waals surface area (Å²) in [4.78, 5) is 26.0. The zero-order valence-corrected chi connectivity index (χ0v) is 11.5. The maximum absolute atomic E-state index is 12.0. The van der Waals surface area contributed by atoms with Crippen LogP contribution in [0, 0.1) is 0 Å². The number of aryl methyl sites for hydroxylation is 1. The molecule has 0 atom stereocenters. The van der Waals surface area contributed by atoms with Gasteiger partial charge in [-0.1, -0.05) is 19.1 Å². The number of esters is 1. The van der Waals surface area contributed by atoms with Crippen LogP contribution in [0.1, 0.15) is 35.5 Å². The third-order valence-electron chi connectivity index (χ3n) is 3.20. The first-order chi connectivity index (χ1) is 9.58. The van der Waals surface area contributed by atoms with Crippen LogP contribution in [0.4, 0.5) is 0 Å². The van der Waals surface area contributed by atoms with Gasteiger partial charge >= 0.3 is 11.9 Å². The van der Waals surface area contributed by atoms with Crippen molar-refractivity contribution in [2.24, 2.45) is 0 Å². The van der Waals surface area contributed by atoms with Crippen molar-refractivity contribution in [3.05, 3.63) is 35.0 Å². The van der Waals surface area contributed by atoms with Crippen molar-refractivity contribution in [1.29, 1.82) is 0 Å². The van der Waals surface area contributed by atoms with E-state index < -0.39 is 11.9 Å². The van der Waals surface area contributed by atoms with Crippen molar-refractivity contribution in [3.8, 4) is 0 Å². The highest BCUT2D eigenvalue weighted by Gasteiger charge is 2.22. The molecule has 5 heteroatoms. The Labute approximate surface area is 116 Å². The average Bonchev–Trinajstić information content (AvgIpc) is 2.77. The number of hydrogen-bond acceptors (Lipinski definition) is 3. The predicted octanol–water partition coefficient (Wildman–Crippen LogP) is 2.53. The van der Waals surface area contributed by atoms with E-state index in [1.165, 1.54) is 0 Å². The van der Waals surface area contributed by atoms with Crippen LogP contribution in [-0.4, -0.2) is 28.6 Å². The lowest BCUT2D eigenvalue weighted by molar-refractivity contribution is -0.136. The second-order valence-electron chi connectivity index (χ2n) is 4.46. The maximum atomic E-state index is 12.0. The van der Waals surface area contributed by atoms with Crippen molar-refractivity contribution in [2.75, 3.05) is 6.61 Å². The third kappa shape index (κ3) is 2.52. The molecule has 2 aromatic rings. The molecule has 0 bridgehead atoms. The number of benzene rings is 1. The van der Waals surface area contributed by atoms with E-state index >= 15 is 0 Å². The van der Waals surface area contributed by atoms with Crippen LogP contribution in [0.15, 0.2) is 18.2 Å². The number of aromatic nitrogens is 1. The fraction of sp³-hybridized carbons (Fsp3) is 0.333. The Kier molecular flexibility index (Phi) is 4.08. The van der Waals surface area contributed by atoms with Crippen molar-refractivity contribution in [1.82, 2.24) is 4.98 Å². The van der Waals surface area contributed by atoms with Gasteiger partial charge in [0.25, 0.3) is 0 Å². The molecule has 0 aliphatic heterocycles. The van der Waals surface area contributed by atoms with E-state index in [0.717, 1.165) is 22.9 Å². The number of aliphatic carboxylic acids is 1. The lowest BCUT2D eigenvalue weighted by Gasteiger charge is -2.04. The van der Waals surface area contributed by atoms with Gasteiger partial charge in [0.05, 0.1) is 13.0 Å². The minimum Gasteiger partial charge on any atom is -0.481 e. The lowest BCUT2D eigenvalue weighted by atomic mass is 10.0. The fourth-order valence-electron chi connectivity index (χ4n) is 2.40. The van der Waals surface area contributed by atoms with E-state index in [1.807, 2.05) is 25.1 Å². The highest BCUT2D eigenvalue weighted by atomic mass is 16.5. The highest BCUT2D eigenvalue weighted by Crippen LogP contribution is 2.27. The first-order valence-corrected chi connectivity index (χ1v) is 6.59. The summed E-state index contributed by atoms with van der Waals surface area (Å²) in [5.74, 6) is -1.48. The summed E-state index contributed by atoms with van der Waals surface area (Å²) in [6.07, 6.45) is 0.565. The molecule has 106 valence electrons. The van der Waals surface area contributed by atoms with Crippen LogP contribution < -0.4 is 0 Å². The summed E-state index contributed by atoms with van der Waals surface area (Å²) in [7, 11) is 0. The predicted molar refractivity (Wildman–Crippen MR) is 75.0 cm³/mol. The maximum Gasteiger partial charge on any atom is 0.355 e. The lowest BCUT2D eigenvalue weighted by Crippen LogP contribution is -2.10. The number of carboxylic acid groups (broad SMARTS) is 1. The summed E-state index contributed by atoms with van der Waals surface area (Å²) in [5, 5.41) is 9.90. The Hall–Kier alpha value is -2.30. The molecule has 2 rings (SSSR count). The minimum absolute atomic E-state index is 0.203. The normalized spacial score (nSPS) is 10.7. The van der Waals surface area contributed by atoms with Gasteiger partial charge in [0.15, 0.2) is 0 Å². The van der Waals surface area contributed by atoms with Gasteiger partial charge in [-0.3, -0.25) is 4.79 Å². The van der Waals surface area contributed by atoms with Crippen molar-refractivity contribution in [3.63, 3.8) is 0 Å². The summed E-state index contributed by atoms with van der Waals surface area (Å²) in [6, 6.07) is 5.66. The Morgan fingerprint density at radius 2 is 2.05 bits per heavy atom. The van der Waals surface area contributed by atoms with E-state index in [2.05, 4.69) is 4.98 Å². The zero-order chi connectivity index (χ0) is 14.7. The number of carbonyl (C=O) groups excluding carboxylic acids is 1. The Balaban J connectivity index is 2.67. The van der Waals surface area contributed by atoms with Gasteiger partial charge in [-0.15, -0.1) is 0 Å². The smallest absolute Gasteiger partial charge is 0.355 e. The molecule has 1 aromatic heterocycles. The monoisotopic (exact) mass is 275 g/mol.